The van der Waals surface area contributed by atoms with E-state index in [0.29, 0.717) is 4.64 Å². The van der Waals surface area contributed by atoms with Gasteiger partial charge in [-0.3, -0.25) is 0 Å². The monoisotopic (exact) mass is 280 g/mol. The zero-order chi connectivity index (χ0) is 13.7. The number of aromatic amines is 1. The lowest BCUT2D eigenvalue weighted by molar-refractivity contribution is -0.0626. The summed E-state index contributed by atoms with van der Waals surface area (Å²) in [4.78, 5) is 8.03. The molecule has 1 aromatic heterocycles. The normalized spacial score (nSPS) is 19.1. The fraction of sp³-hybridized carbons (Fsp3) is 0.733. The summed E-state index contributed by atoms with van der Waals surface area (Å²) in [7, 11) is 0. The van der Waals surface area contributed by atoms with Crippen molar-refractivity contribution in [1.82, 2.24) is 9.97 Å². The van der Waals surface area contributed by atoms with E-state index < -0.39 is 0 Å². The van der Waals surface area contributed by atoms with Crippen LogP contribution in [-0.2, 0) is 16.8 Å². The van der Waals surface area contributed by atoms with Gasteiger partial charge in [-0.25, -0.2) is 4.98 Å². The third-order valence-electron chi connectivity index (χ3n) is 3.94. The molecule has 3 nitrogen and oxygen atoms in total. The number of aryl methyl sites for hydroxylation is 1. The molecule has 1 saturated carbocycles. The SMILES string of the molecule is CCOC1(c2nc(=S)cc(CC)[nH]2)CCCCCC1. The van der Waals surface area contributed by atoms with Gasteiger partial charge in [-0.15, -0.1) is 0 Å². The van der Waals surface area contributed by atoms with E-state index in [4.69, 9.17) is 17.0 Å². The van der Waals surface area contributed by atoms with E-state index in [1.165, 1.54) is 25.7 Å². The highest BCUT2D eigenvalue weighted by atomic mass is 32.1. The Morgan fingerprint density at radius 1 is 1.26 bits per heavy atom. The highest BCUT2D eigenvalue weighted by Gasteiger charge is 2.36. The van der Waals surface area contributed by atoms with Crippen molar-refractivity contribution in [2.75, 3.05) is 6.61 Å². The number of nitrogens with zero attached hydrogens (tertiary/aromatic N) is 1. The predicted octanol–water partition coefficient (Wildman–Crippen LogP) is 4.29. The molecular formula is C15H24N2OS. The number of H-pyrrole nitrogens is 1. The summed E-state index contributed by atoms with van der Waals surface area (Å²) in [6, 6.07) is 1.95. The molecule has 0 aromatic carbocycles. The topological polar surface area (TPSA) is 37.9 Å². The number of rotatable bonds is 4. The van der Waals surface area contributed by atoms with Crippen molar-refractivity contribution in [2.45, 2.75) is 64.4 Å². The average molecular weight is 280 g/mol. The molecule has 2 rings (SSSR count). The molecule has 0 saturated heterocycles. The van der Waals surface area contributed by atoms with Gasteiger partial charge < -0.3 is 9.72 Å². The van der Waals surface area contributed by atoms with Crippen LogP contribution in [0, 0.1) is 4.64 Å². The molecule has 1 aliphatic carbocycles. The minimum absolute atomic E-state index is 0.246. The van der Waals surface area contributed by atoms with Crippen LogP contribution < -0.4 is 0 Å². The third kappa shape index (κ3) is 3.42. The summed E-state index contributed by atoms with van der Waals surface area (Å²) in [5.74, 6) is 0.945. The molecule has 1 aliphatic rings. The van der Waals surface area contributed by atoms with Gasteiger partial charge in [0, 0.05) is 12.3 Å². The Morgan fingerprint density at radius 2 is 1.95 bits per heavy atom. The van der Waals surface area contributed by atoms with E-state index in [9.17, 15) is 0 Å². The maximum absolute atomic E-state index is 6.15. The van der Waals surface area contributed by atoms with Crippen LogP contribution in [0.4, 0.5) is 0 Å². The number of hydrogen-bond acceptors (Lipinski definition) is 3. The van der Waals surface area contributed by atoms with Gasteiger partial charge in [0.1, 0.15) is 16.1 Å². The molecule has 0 unspecified atom stereocenters. The van der Waals surface area contributed by atoms with Gasteiger partial charge in [-0.05, 0) is 32.3 Å². The second-order valence-electron chi connectivity index (χ2n) is 5.29. The van der Waals surface area contributed by atoms with Crippen LogP contribution >= 0.6 is 12.2 Å². The smallest absolute Gasteiger partial charge is 0.140 e. The molecule has 1 N–H and O–H groups in total. The first-order valence-corrected chi connectivity index (χ1v) is 7.85. The van der Waals surface area contributed by atoms with Crippen molar-refractivity contribution < 1.29 is 4.74 Å². The van der Waals surface area contributed by atoms with Gasteiger partial charge in [-0.2, -0.15) is 0 Å². The van der Waals surface area contributed by atoms with Crippen LogP contribution in [0.2, 0.25) is 0 Å². The number of aromatic nitrogens is 2. The maximum Gasteiger partial charge on any atom is 0.140 e. The van der Waals surface area contributed by atoms with Gasteiger partial charge in [0.05, 0.1) is 0 Å². The Bertz CT molecular complexity index is 461. The van der Waals surface area contributed by atoms with Gasteiger partial charge in [0.25, 0.3) is 0 Å². The summed E-state index contributed by atoms with van der Waals surface area (Å²) >= 11 is 5.30. The summed E-state index contributed by atoms with van der Waals surface area (Å²) in [6.07, 6.45) is 8.04. The predicted molar refractivity (Wildman–Crippen MR) is 79.8 cm³/mol. The first-order valence-electron chi connectivity index (χ1n) is 7.45. The molecule has 0 radical (unpaired) electrons. The molecule has 1 heterocycles. The fourth-order valence-electron chi connectivity index (χ4n) is 2.94. The summed E-state index contributed by atoms with van der Waals surface area (Å²) in [5.41, 5.74) is 0.905. The molecule has 0 bridgehead atoms. The van der Waals surface area contributed by atoms with Crippen molar-refractivity contribution >= 4 is 12.2 Å². The van der Waals surface area contributed by atoms with Crippen molar-refractivity contribution in [3.63, 3.8) is 0 Å². The second-order valence-corrected chi connectivity index (χ2v) is 5.71. The lowest BCUT2D eigenvalue weighted by atomic mass is 9.93. The Labute approximate surface area is 120 Å². The van der Waals surface area contributed by atoms with E-state index in [0.717, 1.165) is 37.4 Å². The lowest BCUT2D eigenvalue weighted by Crippen LogP contribution is -2.32. The van der Waals surface area contributed by atoms with Crippen molar-refractivity contribution in [2.24, 2.45) is 0 Å². The van der Waals surface area contributed by atoms with Crippen LogP contribution in [0.1, 0.15) is 63.9 Å². The quantitative estimate of drug-likeness (QED) is 0.660. The molecule has 0 amide bonds. The van der Waals surface area contributed by atoms with Crippen LogP contribution in [0.3, 0.4) is 0 Å². The second kappa shape index (κ2) is 6.62. The average Bonchev–Trinajstić information content (AvgIpc) is 2.65. The van der Waals surface area contributed by atoms with Gasteiger partial charge in [0.15, 0.2) is 0 Å². The zero-order valence-electron chi connectivity index (χ0n) is 12.0. The molecular weight excluding hydrogens is 256 g/mol. The van der Waals surface area contributed by atoms with Crippen LogP contribution in [0.15, 0.2) is 6.07 Å². The largest absolute Gasteiger partial charge is 0.367 e. The highest BCUT2D eigenvalue weighted by molar-refractivity contribution is 7.71. The van der Waals surface area contributed by atoms with Gasteiger partial charge in [0.2, 0.25) is 0 Å². The molecule has 4 heteroatoms. The molecule has 19 heavy (non-hydrogen) atoms. The molecule has 0 atom stereocenters. The first-order chi connectivity index (χ1) is 9.20. The van der Waals surface area contributed by atoms with Crippen LogP contribution in [0.25, 0.3) is 0 Å². The summed E-state index contributed by atoms with van der Waals surface area (Å²) < 4.78 is 6.83. The Kier molecular flexibility index (Phi) is 5.11. The van der Waals surface area contributed by atoms with E-state index in [1.807, 2.05) is 6.07 Å². The van der Waals surface area contributed by atoms with E-state index in [-0.39, 0.29) is 5.60 Å². The first kappa shape index (κ1) is 14.7. The number of ether oxygens (including phenoxy) is 1. The van der Waals surface area contributed by atoms with Crippen molar-refractivity contribution in [3.05, 3.63) is 22.2 Å². The Hall–Kier alpha value is -0.740. The lowest BCUT2D eigenvalue weighted by Gasteiger charge is -2.32. The van der Waals surface area contributed by atoms with Gasteiger partial charge >= 0.3 is 0 Å². The fourth-order valence-corrected chi connectivity index (χ4v) is 3.17. The Morgan fingerprint density at radius 3 is 2.53 bits per heavy atom. The highest BCUT2D eigenvalue weighted by Crippen LogP contribution is 2.37. The minimum atomic E-state index is -0.246. The van der Waals surface area contributed by atoms with Crippen LogP contribution in [0.5, 0.6) is 0 Å². The maximum atomic E-state index is 6.15. The van der Waals surface area contributed by atoms with E-state index in [2.05, 4.69) is 23.8 Å². The van der Waals surface area contributed by atoms with Crippen molar-refractivity contribution in [1.29, 1.82) is 0 Å². The van der Waals surface area contributed by atoms with E-state index >= 15 is 0 Å². The zero-order valence-corrected chi connectivity index (χ0v) is 12.8. The molecule has 0 spiro atoms. The van der Waals surface area contributed by atoms with Gasteiger partial charge in [-0.1, -0.05) is 44.8 Å². The minimum Gasteiger partial charge on any atom is -0.367 e. The summed E-state index contributed by atoms with van der Waals surface area (Å²) in [5, 5.41) is 0. The third-order valence-corrected chi connectivity index (χ3v) is 4.15. The molecule has 1 aromatic rings. The van der Waals surface area contributed by atoms with E-state index in [1.54, 1.807) is 0 Å². The van der Waals surface area contributed by atoms with Crippen molar-refractivity contribution in [3.8, 4) is 0 Å². The molecule has 106 valence electrons. The standard InChI is InChI=1S/C15H24N2OS/c1-3-12-11-13(19)17-14(16-12)15(18-4-2)9-7-5-6-8-10-15/h11H,3-10H2,1-2H3,(H,16,17,19). The van der Waals surface area contributed by atoms with Crippen LogP contribution in [-0.4, -0.2) is 16.6 Å². The molecule has 0 aliphatic heterocycles. The summed E-state index contributed by atoms with van der Waals surface area (Å²) in [6.45, 7) is 4.91. The number of hydrogen-bond donors (Lipinski definition) is 1. The Balaban J connectivity index is 2.42. The number of nitrogens with one attached hydrogen (secondary N) is 1. The molecule has 1 fully saturated rings.